The molecule has 0 aliphatic carbocycles. The Bertz CT molecular complexity index is 175. The van der Waals surface area contributed by atoms with Crippen molar-refractivity contribution in [1.29, 1.82) is 0 Å². The molecule has 0 bridgehead atoms. The molecule has 1 unspecified atom stereocenters. The highest BCUT2D eigenvalue weighted by Crippen LogP contribution is 2.03. The van der Waals surface area contributed by atoms with Gasteiger partial charge >= 0.3 is 0 Å². The second-order valence-electron chi connectivity index (χ2n) is 3.14. The summed E-state index contributed by atoms with van der Waals surface area (Å²) in [6, 6.07) is 0. The van der Waals surface area contributed by atoms with Crippen LogP contribution in [-0.4, -0.2) is 17.7 Å². The highest BCUT2D eigenvalue weighted by Gasteiger charge is 2.05. The Morgan fingerprint density at radius 2 is 1.79 bits per heavy atom. The fraction of sp³-hybridized carbons (Fsp3) is 0.667. The first-order valence-corrected chi connectivity index (χ1v) is 5.49. The SMILES string of the molecule is CCC=COC(C)N(C=CCC)CC. The molecule has 0 rings (SSSR count). The molecular weight excluding hydrogens is 174 g/mol. The van der Waals surface area contributed by atoms with Gasteiger partial charge in [-0.05, 0) is 32.9 Å². The van der Waals surface area contributed by atoms with Gasteiger partial charge in [-0.3, -0.25) is 0 Å². The lowest BCUT2D eigenvalue weighted by Gasteiger charge is -2.25. The summed E-state index contributed by atoms with van der Waals surface area (Å²) in [5, 5.41) is 0. The predicted octanol–water partition coefficient (Wildman–Crippen LogP) is 3.52. The highest BCUT2D eigenvalue weighted by atomic mass is 16.5. The van der Waals surface area contributed by atoms with Crippen LogP contribution in [0.25, 0.3) is 0 Å². The van der Waals surface area contributed by atoms with Crippen LogP contribution in [0.15, 0.2) is 24.6 Å². The van der Waals surface area contributed by atoms with Crippen molar-refractivity contribution in [3.63, 3.8) is 0 Å². The number of rotatable bonds is 7. The van der Waals surface area contributed by atoms with Crippen LogP contribution in [-0.2, 0) is 4.74 Å². The van der Waals surface area contributed by atoms with E-state index >= 15 is 0 Å². The smallest absolute Gasteiger partial charge is 0.168 e. The largest absolute Gasteiger partial charge is 0.479 e. The van der Waals surface area contributed by atoms with Crippen LogP contribution in [0.5, 0.6) is 0 Å². The third-order valence-electron chi connectivity index (χ3n) is 1.97. The number of hydrogen-bond donors (Lipinski definition) is 0. The maximum Gasteiger partial charge on any atom is 0.168 e. The number of ether oxygens (including phenoxy) is 1. The van der Waals surface area contributed by atoms with Gasteiger partial charge < -0.3 is 9.64 Å². The van der Waals surface area contributed by atoms with Gasteiger partial charge in [0.25, 0.3) is 0 Å². The lowest BCUT2D eigenvalue weighted by atomic mass is 10.4. The summed E-state index contributed by atoms with van der Waals surface area (Å²) in [6.07, 6.45) is 10.3. The van der Waals surface area contributed by atoms with Crippen LogP contribution < -0.4 is 0 Å². The quantitative estimate of drug-likeness (QED) is 0.457. The minimum atomic E-state index is 0.116. The summed E-state index contributed by atoms with van der Waals surface area (Å²) in [4.78, 5) is 2.17. The van der Waals surface area contributed by atoms with Gasteiger partial charge in [-0.2, -0.15) is 0 Å². The van der Waals surface area contributed by atoms with E-state index in [1.807, 2.05) is 6.08 Å². The molecule has 0 aromatic carbocycles. The van der Waals surface area contributed by atoms with Gasteiger partial charge in [0.15, 0.2) is 6.23 Å². The van der Waals surface area contributed by atoms with E-state index in [0.717, 1.165) is 19.4 Å². The summed E-state index contributed by atoms with van der Waals surface area (Å²) in [5.74, 6) is 0. The molecule has 0 amide bonds. The van der Waals surface area contributed by atoms with E-state index in [1.54, 1.807) is 6.26 Å². The van der Waals surface area contributed by atoms with E-state index in [4.69, 9.17) is 4.74 Å². The Balaban J connectivity index is 3.96. The molecular formula is C12H23NO. The van der Waals surface area contributed by atoms with Crippen LogP contribution in [0, 0.1) is 0 Å². The Kier molecular flexibility index (Phi) is 8.10. The zero-order chi connectivity index (χ0) is 10.8. The Morgan fingerprint density at radius 1 is 1.14 bits per heavy atom. The fourth-order valence-corrected chi connectivity index (χ4v) is 1.07. The van der Waals surface area contributed by atoms with Gasteiger partial charge in [0.1, 0.15) is 0 Å². The second-order valence-corrected chi connectivity index (χ2v) is 3.14. The molecule has 0 fully saturated rings. The average molecular weight is 197 g/mol. The van der Waals surface area contributed by atoms with Crippen molar-refractivity contribution in [3.8, 4) is 0 Å². The molecule has 0 aliphatic rings. The van der Waals surface area contributed by atoms with E-state index in [-0.39, 0.29) is 6.23 Å². The number of allylic oxidation sites excluding steroid dienone is 2. The molecule has 0 aromatic rings. The minimum Gasteiger partial charge on any atom is -0.479 e. The molecule has 0 heterocycles. The van der Waals surface area contributed by atoms with Crippen LogP contribution in [0.1, 0.15) is 40.5 Å². The molecule has 14 heavy (non-hydrogen) atoms. The Labute approximate surface area is 88.2 Å². The van der Waals surface area contributed by atoms with Crippen molar-refractivity contribution in [3.05, 3.63) is 24.6 Å². The van der Waals surface area contributed by atoms with E-state index in [1.165, 1.54) is 0 Å². The standard InChI is InChI=1S/C12H23NO/c1-5-8-10-13(7-3)12(4)14-11-9-6-2/h8-12H,5-7H2,1-4H3. The zero-order valence-electron chi connectivity index (χ0n) is 9.86. The van der Waals surface area contributed by atoms with Crippen molar-refractivity contribution in [1.82, 2.24) is 4.90 Å². The molecule has 0 saturated carbocycles. The van der Waals surface area contributed by atoms with Crippen LogP contribution in [0.4, 0.5) is 0 Å². The highest BCUT2D eigenvalue weighted by molar-refractivity contribution is 4.82. The molecule has 0 aromatic heterocycles. The summed E-state index contributed by atoms with van der Waals surface area (Å²) in [7, 11) is 0. The number of nitrogens with zero attached hydrogens (tertiary/aromatic N) is 1. The van der Waals surface area contributed by atoms with Gasteiger partial charge in [-0.25, -0.2) is 0 Å². The van der Waals surface area contributed by atoms with Crippen molar-refractivity contribution in [2.75, 3.05) is 6.54 Å². The molecule has 1 atom stereocenters. The Hall–Kier alpha value is -0.920. The van der Waals surface area contributed by atoms with E-state index in [9.17, 15) is 0 Å². The van der Waals surface area contributed by atoms with Crippen molar-refractivity contribution < 1.29 is 4.74 Å². The molecule has 0 radical (unpaired) electrons. The summed E-state index contributed by atoms with van der Waals surface area (Å²) in [6.45, 7) is 9.39. The first kappa shape index (κ1) is 13.1. The van der Waals surface area contributed by atoms with E-state index in [0.29, 0.717) is 0 Å². The lowest BCUT2D eigenvalue weighted by molar-refractivity contribution is 0.0404. The van der Waals surface area contributed by atoms with Gasteiger partial charge in [-0.1, -0.05) is 26.0 Å². The third kappa shape index (κ3) is 5.68. The van der Waals surface area contributed by atoms with E-state index in [2.05, 4.69) is 44.9 Å². The summed E-state index contributed by atoms with van der Waals surface area (Å²) >= 11 is 0. The zero-order valence-corrected chi connectivity index (χ0v) is 9.86. The third-order valence-corrected chi connectivity index (χ3v) is 1.97. The maximum atomic E-state index is 5.53. The van der Waals surface area contributed by atoms with Gasteiger partial charge in [0.05, 0.1) is 6.26 Å². The van der Waals surface area contributed by atoms with Gasteiger partial charge in [0, 0.05) is 6.54 Å². The molecule has 0 saturated heterocycles. The number of hydrogen-bond acceptors (Lipinski definition) is 2. The minimum absolute atomic E-state index is 0.116. The normalized spacial score (nSPS) is 13.7. The Morgan fingerprint density at radius 3 is 2.29 bits per heavy atom. The summed E-state index contributed by atoms with van der Waals surface area (Å²) < 4.78 is 5.53. The maximum absolute atomic E-state index is 5.53. The monoisotopic (exact) mass is 197 g/mol. The first-order valence-electron chi connectivity index (χ1n) is 5.49. The second kappa shape index (κ2) is 8.67. The first-order chi connectivity index (χ1) is 6.76. The van der Waals surface area contributed by atoms with Crippen molar-refractivity contribution in [2.45, 2.75) is 46.8 Å². The molecule has 0 spiro atoms. The van der Waals surface area contributed by atoms with Gasteiger partial charge in [0.2, 0.25) is 0 Å². The molecule has 0 N–H and O–H groups in total. The summed E-state index contributed by atoms with van der Waals surface area (Å²) in [5.41, 5.74) is 0. The average Bonchev–Trinajstić information content (AvgIpc) is 2.19. The molecule has 2 nitrogen and oxygen atoms in total. The molecule has 2 heteroatoms. The molecule has 0 aliphatic heterocycles. The van der Waals surface area contributed by atoms with Crippen LogP contribution in [0.3, 0.4) is 0 Å². The fourth-order valence-electron chi connectivity index (χ4n) is 1.07. The lowest BCUT2D eigenvalue weighted by Crippen LogP contribution is -2.28. The van der Waals surface area contributed by atoms with Crippen LogP contribution in [0.2, 0.25) is 0 Å². The van der Waals surface area contributed by atoms with Crippen LogP contribution >= 0.6 is 0 Å². The van der Waals surface area contributed by atoms with Crippen molar-refractivity contribution >= 4 is 0 Å². The molecule has 82 valence electrons. The predicted molar refractivity (Wildman–Crippen MR) is 61.8 cm³/mol. The van der Waals surface area contributed by atoms with Gasteiger partial charge in [-0.15, -0.1) is 0 Å². The topological polar surface area (TPSA) is 12.5 Å². The van der Waals surface area contributed by atoms with Crippen molar-refractivity contribution in [2.24, 2.45) is 0 Å². The van der Waals surface area contributed by atoms with E-state index < -0.39 is 0 Å².